The van der Waals surface area contributed by atoms with E-state index in [9.17, 15) is 24.3 Å². The van der Waals surface area contributed by atoms with Gasteiger partial charge >= 0.3 is 17.9 Å². The van der Waals surface area contributed by atoms with Crippen LogP contribution in [0.15, 0.2) is 0 Å². The van der Waals surface area contributed by atoms with E-state index in [1.165, 1.54) is 16.7 Å². The SMILES string of the molecule is CCCCCC(SC[C@H](NC(C)C(=O)N1CCC[C@H]1C(=O)O)C(=O)OCC)C(=O)OCC. The zero-order valence-electron chi connectivity index (χ0n) is 19.6. The summed E-state index contributed by atoms with van der Waals surface area (Å²) in [6.07, 6.45) is 4.61. The molecule has 2 unspecified atom stereocenters. The number of carbonyl (C=O) groups excluding carboxylic acids is 3. The Labute approximate surface area is 194 Å². The largest absolute Gasteiger partial charge is 0.480 e. The van der Waals surface area contributed by atoms with Crippen LogP contribution in [0.2, 0.25) is 0 Å². The van der Waals surface area contributed by atoms with E-state index in [1.807, 2.05) is 0 Å². The van der Waals surface area contributed by atoms with Gasteiger partial charge in [-0.3, -0.25) is 19.7 Å². The van der Waals surface area contributed by atoms with Crippen molar-refractivity contribution in [3.63, 3.8) is 0 Å². The Morgan fingerprint density at radius 2 is 1.75 bits per heavy atom. The summed E-state index contributed by atoms with van der Waals surface area (Å²) >= 11 is 1.32. The van der Waals surface area contributed by atoms with Gasteiger partial charge in [-0.05, 0) is 40.0 Å². The minimum atomic E-state index is -1.02. The molecule has 0 radical (unpaired) electrons. The second kappa shape index (κ2) is 15.1. The van der Waals surface area contributed by atoms with Gasteiger partial charge in [0.2, 0.25) is 5.91 Å². The Hall–Kier alpha value is -1.81. The summed E-state index contributed by atoms with van der Waals surface area (Å²) in [7, 11) is 0. The fourth-order valence-corrected chi connectivity index (χ4v) is 4.83. The molecule has 0 aromatic heterocycles. The Morgan fingerprint density at radius 3 is 2.34 bits per heavy atom. The molecule has 1 heterocycles. The Morgan fingerprint density at radius 1 is 1.09 bits per heavy atom. The fraction of sp³-hybridized carbons (Fsp3) is 0.818. The van der Waals surface area contributed by atoms with Crippen molar-refractivity contribution in [3.8, 4) is 0 Å². The summed E-state index contributed by atoms with van der Waals surface area (Å²) in [6, 6.07) is -2.42. The molecule has 0 aliphatic carbocycles. The van der Waals surface area contributed by atoms with Gasteiger partial charge in [-0.15, -0.1) is 11.8 Å². The normalized spacial score (nSPS) is 18.6. The number of hydrogen-bond acceptors (Lipinski definition) is 8. The summed E-state index contributed by atoms with van der Waals surface area (Å²) in [5.74, 6) is -1.97. The van der Waals surface area contributed by atoms with Crippen molar-refractivity contribution in [2.45, 2.75) is 89.6 Å². The Balaban J connectivity index is 2.83. The number of carbonyl (C=O) groups is 4. The number of unbranched alkanes of at least 4 members (excludes halogenated alkanes) is 2. The lowest BCUT2D eigenvalue weighted by molar-refractivity contribution is -0.150. The predicted molar refractivity (Wildman–Crippen MR) is 122 cm³/mol. The van der Waals surface area contributed by atoms with Gasteiger partial charge in [0.1, 0.15) is 17.3 Å². The monoisotopic (exact) mass is 474 g/mol. The highest BCUT2D eigenvalue weighted by molar-refractivity contribution is 8.00. The van der Waals surface area contributed by atoms with Gasteiger partial charge in [0, 0.05) is 12.3 Å². The number of thioether (sulfide) groups is 1. The third kappa shape index (κ3) is 8.97. The number of likely N-dealkylation sites (tertiary alicyclic amines) is 1. The molecule has 2 N–H and O–H groups in total. The fourth-order valence-electron chi connectivity index (χ4n) is 3.63. The molecule has 1 aliphatic rings. The third-order valence-electron chi connectivity index (χ3n) is 5.30. The van der Waals surface area contributed by atoms with E-state index in [4.69, 9.17) is 9.47 Å². The molecule has 0 bridgehead atoms. The van der Waals surface area contributed by atoms with Crippen LogP contribution in [0.4, 0.5) is 0 Å². The molecule has 1 fully saturated rings. The molecule has 0 saturated carbocycles. The Bertz CT molecular complexity index is 631. The van der Waals surface area contributed by atoms with Gasteiger partial charge in [0.05, 0.1) is 19.3 Å². The molecule has 10 heteroatoms. The van der Waals surface area contributed by atoms with Crippen LogP contribution < -0.4 is 5.32 Å². The zero-order chi connectivity index (χ0) is 24.1. The molecule has 4 atom stereocenters. The molecular weight excluding hydrogens is 436 g/mol. The quantitative estimate of drug-likeness (QED) is 0.272. The first kappa shape index (κ1) is 28.2. The second-order valence-corrected chi connectivity index (χ2v) is 9.03. The molecule has 1 saturated heterocycles. The van der Waals surface area contributed by atoms with E-state index < -0.39 is 35.3 Å². The summed E-state index contributed by atoms with van der Waals surface area (Å²) in [5.41, 5.74) is 0. The van der Waals surface area contributed by atoms with Crippen molar-refractivity contribution in [1.29, 1.82) is 0 Å². The number of amides is 1. The van der Waals surface area contributed by atoms with Gasteiger partial charge in [-0.25, -0.2) is 4.79 Å². The summed E-state index contributed by atoms with van der Waals surface area (Å²) in [5, 5.41) is 11.9. The number of esters is 2. The van der Waals surface area contributed by atoms with Gasteiger partial charge in [-0.1, -0.05) is 26.2 Å². The predicted octanol–water partition coefficient (Wildman–Crippen LogP) is 2.22. The number of carboxylic acid groups (broad SMARTS) is 1. The third-order valence-corrected chi connectivity index (χ3v) is 6.65. The van der Waals surface area contributed by atoms with Crippen molar-refractivity contribution in [3.05, 3.63) is 0 Å². The molecule has 1 rings (SSSR count). The topological polar surface area (TPSA) is 122 Å². The van der Waals surface area contributed by atoms with E-state index in [0.29, 0.717) is 25.8 Å². The summed E-state index contributed by atoms with van der Waals surface area (Å²) < 4.78 is 10.3. The molecule has 9 nitrogen and oxygen atoms in total. The molecule has 0 aromatic carbocycles. The average Bonchev–Trinajstić information content (AvgIpc) is 3.25. The van der Waals surface area contributed by atoms with Crippen LogP contribution in [0.1, 0.15) is 66.2 Å². The summed E-state index contributed by atoms with van der Waals surface area (Å²) in [4.78, 5) is 50.5. The van der Waals surface area contributed by atoms with Gasteiger partial charge in [-0.2, -0.15) is 0 Å². The van der Waals surface area contributed by atoms with E-state index in [-0.39, 0.29) is 30.8 Å². The lowest BCUT2D eigenvalue weighted by Crippen LogP contribution is -2.54. The maximum Gasteiger partial charge on any atom is 0.326 e. The highest BCUT2D eigenvalue weighted by atomic mass is 32.2. The second-order valence-electron chi connectivity index (χ2n) is 7.79. The standard InChI is InChI=1S/C22H38N2O7S/c1-5-8-9-12-18(22(29)31-7-3)32-14-16(21(28)30-6-2)23-15(4)19(25)24-13-10-11-17(24)20(26)27/h15-18,23H,5-14H2,1-4H3,(H,26,27)/t15?,16-,17-,18?/m0/s1. The van der Waals surface area contributed by atoms with Crippen molar-refractivity contribution < 1.29 is 33.8 Å². The number of rotatable bonds is 15. The summed E-state index contributed by atoms with van der Waals surface area (Å²) in [6.45, 7) is 8.00. The Kier molecular flexibility index (Phi) is 13.3. The number of aliphatic carboxylic acids is 1. The van der Waals surface area contributed by atoms with E-state index >= 15 is 0 Å². The van der Waals surface area contributed by atoms with Crippen molar-refractivity contribution in [2.75, 3.05) is 25.5 Å². The van der Waals surface area contributed by atoms with Crippen LogP contribution in [-0.4, -0.2) is 82.7 Å². The maximum absolute atomic E-state index is 12.8. The number of carboxylic acids is 1. The van der Waals surface area contributed by atoms with Crippen LogP contribution in [0.3, 0.4) is 0 Å². The number of nitrogens with zero attached hydrogens (tertiary/aromatic N) is 1. The molecule has 0 spiro atoms. The molecule has 1 amide bonds. The van der Waals surface area contributed by atoms with Crippen LogP contribution >= 0.6 is 11.8 Å². The molecule has 1 aliphatic heterocycles. The van der Waals surface area contributed by atoms with Gasteiger partial charge in [0.25, 0.3) is 0 Å². The number of nitrogens with one attached hydrogen (secondary N) is 1. The van der Waals surface area contributed by atoms with E-state index in [1.54, 1.807) is 20.8 Å². The number of ether oxygens (including phenoxy) is 2. The minimum absolute atomic E-state index is 0.190. The maximum atomic E-state index is 12.8. The lowest BCUT2D eigenvalue weighted by Gasteiger charge is -2.28. The average molecular weight is 475 g/mol. The first-order chi connectivity index (χ1) is 15.3. The van der Waals surface area contributed by atoms with E-state index in [0.717, 1.165) is 19.3 Å². The van der Waals surface area contributed by atoms with Crippen molar-refractivity contribution in [2.24, 2.45) is 0 Å². The highest BCUT2D eigenvalue weighted by Crippen LogP contribution is 2.22. The van der Waals surface area contributed by atoms with Gasteiger partial charge in [0.15, 0.2) is 0 Å². The minimum Gasteiger partial charge on any atom is -0.480 e. The first-order valence-corrected chi connectivity index (χ1v) is 12.6. The first-order valence-electron chi connectivity index (χ1n) is 11.5. The molecule has 32 heavy (non-hydrogen) atoms. The van der Waals surface area contributed by atoms with Crippen LogP contribution in [0.25, 0.3) is 0 Å². The zero-order valence-corrected chi connectivity index (χ0v) is 20.4. The molecule has 184 valence electrons. The smallest absolute Gasteiger partial charge is 0.326 e. The van der Waals surface area contributed by atoms with Crippen LogP contribution in [0.5, 0.6) is 0 Å². The number of hydrogen-bond donors (Lipinski definition) is 2. The molecule has 0 aromatic rings. The van der Waals surface area contributed by atoms with Gasteiger partial charge < -0.3 is 19.5 Å². The van der Waals surface area contributed by atoms with Crippen LogP contribution in [0, 0.1) is 0 Å². The van der Waals surface area contributed by atoms with Crippen LogP contribution in [-0.2, 0) is 28.7 Å². The lowest BCUT2D eigenvalue weighted by atomic mass is 10.1. The molecular formula is C22H38N2O7S. The van der Waals surface area contributed by atoms with Crippen molar-refractivity contribution >= 4 is 35.6 Å². The van der Waals surface area contributed by atoms with E-state index in [2.05, 4.69) is 12.2 Å². The highest BCUT2D eigenvalue weighted by Gasteiger charge is 2.37. The van der Waals surface area contributed by atoms with Crippen molar-refractivity contribution in [1.82, 2.24) is 10.2 Å².